The van der Waals surface area contributed by atoms with Gasteiger partial charge in [-0.15, -0.1) is 0 Å². The fourth-order valence-corrected chi connectivity index (χ4v) is 4.11. The molecule has 0 saturated carbocycles. The zero-order valence-corrected chi connectivity index (χ0v) is 19.5. The van der Waals surface area contributed by atoms with Gasteiger partial charge < -0.3 is 19.5 Å². The number of methoxy groups -OCH3 is 1. The van der Waals surface area contributed by atoms with Crippen LogP contribution in [0.3, 0.4) is 0 Å². The maximum absolute atomic E-state index is 13.2. The highest BCUT2D eigenvalue weighted by molar-refractivity contribution is 6.46. The molecule has 2 aromatic carbocycles. The number of halogens is 1. The Bertz CT molecular complexity index is 1240. The molecular formula is C26H23ClN2O5. The quantitative estimate of drug-likeness (QED) is 0.299. The predicted octanol–water partition coefficient (Wildman–Crippen LogP) is 4.76. The van der Waals surface area contributed by atoms with Crippen LogP contribution in [-0.4, -0.2) is 40.4 Å². The molecule has 0 aliphatic carbocycles. The molecule has 1 aromatic heterocycles. The van der Waals surface area contributed by atoms with Crippen LogP contribution in [0.5, 0.6) is 11.5 Å². The number of ether oxygens (including phenoxy) is 2. The highest BCUT2D eigenvalue weighted by Gasteiger charge is 2.46. The number of amides is 1. The summed E-state index contributed by atoms with van der Waals surface area (Å²) in [4.78, 5) is 31.8. The van der Waals surface area contributed by atoms with E-state index in [0.29, 0.717) is 34.3 Å². The first-order valence-corrected chi connectivity index (χ1v) is 11.1. The summed E-state index contributed by atoms with van der Waals surface area (Å²) in [5.41, 5.74) is 1.79. The summed E-state index contributed by atoms with van der Waals surface area (Å²) >= 11 is 6.19. The van der Waals surface area contributed by atoms with Crippen LogP contribution >= 0.6 is 11.6 Å². The molecule has 34 heavy (non-hydrogen) atoms. The molecule has 1 atom stereocenters. The third-order valence-electron chi connectivity index (χ3n) is 5.58. The summed E-state index contributed by atoms with van der Waals surface area (Å²) in [5.74, 6) is -0.749. The van der Waals surface area contributed by atoms with Gasteiger partial charge in [0, 0.05) is 24.5 Å². The third-order valence-corrected chi connectivity index (χ3v) is 5.89. The van der Waals surface area contributed by atoms with Gasteiger partial charge >= 0.3 is 0 Å². The summed E-state index contributed by atoms with van der Waals surface area (Å²) in [6.07, 6.45) is 3.24. The van der Waals surface area contributed by atoms with Crippen molar-refractivity contribution < 1.29 is 24.2 Å². The predicted molar refractivity (Wildman–Crippen MR) is 128 cm³/mol. The van der Waals surface area contributed by atoms with Crippen LogP contribution in [-0.2, 0) is 16.1 Å². The number of hydrogen-bond acceptors (Lipinski definition) is 6. The Kier molecular flexibility index (Phi) is 6.84. The molecule has 1 N–H and O–H groups in total. The number of ketones is 1. The Morgan fingerprint density at radius 2 is 1.79 bits per heavy atom. The van der Waals surface area contributed by atoms with Crippen LogP contribution in [0, 0.1) is 0 Å². The minimum absolute atomic E-state index is 0.00556. The average Bonchev–Trinajstić information content (AvgIpc) is 3.10. The van der Waals surface area contributed by atoms with E-state index >= 15 is 0 Å². The standard InChI is InChI=1S/C26H23ClN2O5/c1-3-34-21-14-18(6-9-20(21)27)24(30)22-23(17-4-7-19(33-2)8-5-17)29(26(32)25(22)31)15-16-10-12-28-13-11-16/h4-14,23,30H,3,15H2,1-2H3/b24-22-. The molecular weight excluding hydrogens is 456 g/mol. The Morgan fingerprint density at radius 1 is 1.09 bits per heavy atom. The van der Waals surface area contributed by atoms with Gasteiger partial charge in [-0.25, -0.2) is 0 Å². The second kappa shape index (κ2) is 9.97. The van der Waals surface area contributed by atoms with Crippen molar-refractivity contribution in [2.75, 3.05) is 13.7 Å². The van der Waals surface area contributed by atoms with Crippen LogP contribution in [0.1, 0.15) is 29.7 Å². The van der Waals surface area contributed by atoms with Gasteiger partial charge in [0.1, 0.15) is 17.3 Å². The number of aliphatic hydroxyl groups is 1. The second-order valence-corrected chi connectivity index (χ2v) is 8.04. The van der Waals surface area contributed by atoms with Gasteiger partial charge in [-0.1, -0.05) is 23.7 Å². The van der Waals surface area contributed by atoms with Gasteiger partial charge in [0.2, 0.25) is 0 Å². The molecule has 7 nitrogen and oxygen atoms in total. The largest absolute Gasteiger partial charge is 0.507 e. The molecule has 1 amide bonds. The number of rotatable bonds is 7. The van der Waals surface area contributed by atoms with E-state index in [2.05, 4.69) is 4.98 Å². The molecule has 8 heteroatoms. The summed E-state index contributed by atoms with van der Waals surface area (Å²) in [5, 5.41) is 11.6. The normalized spacial score (nSPS) is 17.1. The van der Waals surface area contributed by atoms with E-state index in [9.17, 15) is 14.7 Å². The maximum atomic E-state index is 13.2. The van der Waals surface area contributed by atoms with Crippen LogP contribution < -0.4 is 9.47 Å². The number of benzene rings is 2. The lowest BCUT2D eigenvalue weighted by atomic mass is 9.95. The molecule has 0 radical (unpaired) electrons. The van der Waals surface area contributed by atoms with E-state index in [4.69, 9.17) is 21.1 Å². The lowest BCUT2D eigenvalue weighted by Gasteiger charge is -2.25. The van der Waals surface area contributed by atoms with Crippen molar-refractivity contribution in [3.05, 3.63) is 94.3 Å². The fraction of sp³-hybridized carbons (Fsp3) is 0.192. The van der Waals surface area contributed by atoms with Gasteiger partial charge in [-0.2, -0.15) is 0 Å². The first-order chi connectivity index (χ1) is 16.4. The molecule has 1 unspecified atom stereocenters. The van der Waals surface area contributed by atoms with E-state index in [0.717, 1.165) is 5.56 Å². The summed E-state index contributed by atoms with van der Waals surface area (Å²) in [6, 6.07) is 14.5. The topological polar surface area (TPSA) is 89.0 Å². The van der Waals surface area contributed by atoms with E-state index < -0.39 is 17.7 Å². The minimum atomic E-state index is -0.801. The number of pyridine rings is 1. The number of likely N-dealkylation sites (tertiary alicyclic amines) is 1. The number of carbonyl (C=O) groups is 2. The Morgan fingerprint density at radius 3 is 2.44 bits per heavy atom. The van der Waals surface area contributed by atoms with E-state index in [1.165, 1.54) is 4.90 Å². The van der Waals surface area contributed by atoms with Gasteiger partial charge in [-0.05, 0) is 60.5 Å². The van der Waals surface area contributed by atoms with Crippen molar-refractivity contribution in [3.63, 3.8) is 0 Å². The molecule has 2 heterocycles. The Labute approximate surface area is 202 Å². The number of aliphatic hydroxyl groups excluding tert-OH is 1. The molecule has 3 aromatic rings. The zero-order chi connectivity index (χ0) is 24.2. The van der Waals surface area contributed by atoms with E-state index in [-0.39, 0.29) is 17.9 Å². The third kappa shape index (κ3) is 4.47. The molecule has 4 rings (SSSR count). The molecule has 1 aliphatic heterocycles. The number of nitrogens with zero attached hydrogens (tertiary/aromatic N) is 2. The average molecular weight is 479 g/mol. The lowest BCUT2D eigenvalue weighted by Crippen LogP contribution is -2.29. The highest BCUT2D eigenvalue weighted by Crippen LogP contribution is 2.41. The van der Waals surface area contributed by atoms with Crippen molar-refractivity contribution in [1.82, 2.24) is 9.88 Å². The summed E-state index contributed by atoms with van der Waals surface area (Å²) in [6.45, 7) is 2.37. The maximum Gasteiger partial charge on any atom is 0.295 e. The Hall–Kier alpha value is -3.84. The SMILES string of the molecule is CCOc1cc(/C(O)=C2/C(=O)C(=O)N(Cc3ccncc3)C2c2ccc(OC)cc2)ccc1Cl. The highest BCUT2D eigenvalue weighted by atomic mass is 35.5. The van der Waals surface area contributed by atoms with Crippen LogP contribution in [0.25, 0.3) is 5.76 Å². The monoisotopic (exact) mass is 478 g/mol. The number of Topliss-reactive ketones (excluding diaryl/α,β-unsaturated/α-hetero) is 1. The van der Waals surface area contributed by atoms with Gasteiger partial charge in [0.25, 0.3) is 11.7 Å². The van der Waals surface area contributed by atoms with Crippen molar-refractivity contribution in [1.29, 1.82) is 0 Å². The van der Waals surface area contributed by atoms with Crippen molar-refractivity contribution >= 4 is 29.1 Å². The van der Waals surface area contributed by atoms with E-state index in [1.807, 2.05) is 6.92 Å². The minimum Gasteiger partial charge on any atom is -0.507 e. The smallest absolute Gasteiger partial charge is 0.295 e. The fourth-order valence-electron chi connectivity index (χ4n) is 3.93. The number of carbonyl (C=O) groups excluding carboxylic acids is 2. The first kappa shape index (κ1) is 23.3. The molecule has 1 fully saturated rings. The van der Waals surface area contributed by atoms with E-state index in [1.54, 1.807) is 74.1 Å². The van der Waals surface area contributed by atoms with Crippen molar-refractivity contribution in [2.45, 2.75) is 19.5 Å². The van der Waals surface area contributed by atoms with Crippen LogP contribution in [0.4, 0.5) is 0 Å². The van der Waals surface area contributed by atoms with Crippen molar-refractivity contribution in [3.8, 4) is 11.5 Å². The van der Waals surface area contributed by atoms with Crippen LogP contribution in [0.2, 0.25) is 5.02 Å². The van der Waals surface area contributed by atoms with Gasteiger partial charge in [-0.3, -0.25) is 14.6 Å². The number of hydrogen-bond donors (Lipinski definition) is 1. The molecule has 0 spiro atoms. The molecule has 1 aliphatic rings. The molecule has 1 saturated heterocycles. The molecule has 174 valence electrons. The Balaban J connectivity index is 1.85. The zero-order valence-electron chi connectivity index (χ0n) is 18.7. The lowest BCUT2D eigenvalue weighted by molar-refractivity contribution is -0.140. The van der Waals surface area contributed by atoms with Gasteiger partial charge in [0.15, 0.2) is 0 Å². The summed E-state index contributed by atoms with van der Waals surface area (Å²) < 4.78 is 10.8. The first-order valence-electron chi connectivity index (χ1n) is 10.7. The van der Waals surface area contributed by atoms with Crippen LogP contribution in [0.15, 0.2) is 72.6 Å². The number of aromatic nitrogens is 1. The van der Waals surface area contributed by atoms with Gasteiger partial charge in [0.05, 0.1) is 30.4 Å². The summed E-state index contributed by atoms with van der Waals surface area (Å²) in [7, 11) is 1.56. The second-order valence-electron chi connectivity index (χ2n) is 7.63. The molecule has 0 bridgehead atoms. The van der Waals surface area contributed by atoms with Crippen molar-refractivity contribution in [2.24, 2.45) is 0 Å².